The van der Waals surface area contributed by atoms with Crippen molar-refractivity contribution in [3.05, 3.63) is 51.9 Å². The van der Waals surface area contributed by atoms with Gasteiger partial charge in [-0.25, -0.2) is 4.79 Å². The fourth-order valence-electron chi connectivity index (χ4n) is 3.19. The number of aryl methyl sites for hydroxylation is 1. The number of aromatic nitrogens is 2. The molecule has 32 heavy (non-hydrogen) atoms. The molecule has 0 saturated heterocycles. The number of carbonyl (C=O) groups excluding carboxylic acids is 3. The van der Waals surface area contributed by atoms with Crippen molar-refractivity contribution < 1.29 is 24.2 Å². The van der Waals surface area contributed by atoms with Gasteiger partial charge in [-0.15, -0.1) is 0 Å². The summed E-state index contributed by atoms with van der Waals surface area (Å²) in [5.41, 5.74) is 4.56. The molecule has 2 atom stereocenters. The molecule has 0 saturated carbocycles. The number of nitrogens with one attached hydrogen (secondary N) is 3. The van der Waals surface area contributed by atoms with Crippen molar-refractivity contribution in [2.75, 3.05) is 5.32 Å². The van der Waals surface area contributed by atoms with Crippen LogP contribution >= 0.6 is 0 Å². The number of aromatic amines is 1. The van der Waals surface area contributed by atoms with Gasteiger partial charge in [0.25, 0.3) is 17.2 Å². The smallest absolute Gasteiger partial charge is 0.407 e. The minimum absolute atomic E-state index is 0.00759. The number of rotatable bonds is 10. The van der Waals surface area contributed by atoms with Crippen molar-refractivity contribution in [2.45, 2.75) is 51.4 Å². The third kappa shape index (κ3) is 5.97. The fourth-order valence-corrected chi connectivity index (χ4v) is 3.19. The Balaban J connectivity index is 2.26. The summed E-state index contributed by atoms with van der Waals surface area (Å²) >= 11 is 0. The zero-order valence-electron chi connectivity index (χ0n) is 18.3. The Kier molecular flexibility index (Phi) is 8.19. The van der Waals surface area contributed by atoms with Gasteiger partial charge in [0.1, 0.15) is 6.10 Å². The predicted octanol–water partition coefficient (Wildman–Crippen LogP) is 0.722. The molecule has 0 fully saturated rings. The molecule has 0 radical (unpaired) electrons. The molecule has 0 aliphatic heterocycles. The first-order valence-corrected chi connectivity index (χ1v) is 10.2. The van der Waals surface area contributed by atoms with Crippen LogP contribution in [0.25, 0.3) is 0 Å². The predicted molar refractivity (Wildman–Crippen MR) is 117 cm³/mol. The summed E-state index contributed by atoms with van der Waals surface area (Å²) in [6.07, 6.45) is -1.84. The molecule has 174 valence electrons. The van der Waals surface area contributed by atoms with Crippen LogP contribution in [0.5, 0.6) is 0 Å². The van der Waals surface area contributed by atoms with Crippen LogP contribution in [0.1, 0.15) is 44.4 Å². The molecule has 1 unspecified atom stereocenters. The van der Waals surface area contributed by atoms with Crippen molar-refractivity contribution in [3.63, 3.8) is 0 Å². The summed E-state index contributed by atoms with van der Waals surface area (Å²) in [7, 11) is 1.73. The summed E-state index contributed by atoms with van der Waals surface area (Å²) in [4.78, 5) is 48.1. The van der Waals surface area contributed by atoms with Crippen molar-refractivity contribution in [1.29, 1.82) is 0 Å². The maximum absolute atomic E-state index is 13.1. The number of aliphatic hydroxyl groups excluding tert-OH is 1. The van der Waals surface area contributed by atoms with Crippen molar-refractivity contribution in [1.82, 2.24) is 15.1 Å². The van der Waals surface area contributed by atoms with Crippen molar-refractivity contribution >= 4 is 23.6 Å². The Hall–Kier alpha value is -3.60. The van der Waals surface area contributed by atoms with E-state index in [1.54, 1.807) is 49.8 Å². The first-order chi connectivity index (χ1) is 15.1. The maximum atomic E-state index is 13.1. The van der Waals surface area contributed by atoms with E-state index in [0.717, 1.165) is 11.3 Å². The molecule has 11 heteroatoms. The number of aliphatic hydroxyl groups is 1. The van der Waals surface area contributed by atoms with Crippen molar-refractivity contribution in [3.8, 4) is 0 Å². The number of amides is 3. The zero-order chi connectivity index (χ0) is 23.9. The third-order valence-corrected chi connectivity index (χ3v) is 4.88. The quantitative estimate of drug-likeness (QED) is 0.336. The summed E-state index contributed by atoms with van der Waals surface area (Å²) < 4.78 is 6.61. The van der Waals surface area contributed by atoms with Gasteiger partial charge in [-0.2, -0.15) is 0 Å². The molecule has 6 N–H and O–H groups in total. The second-order valence-electron chi connectivity index (χ2n) is 7.36. The van der Waals surface area contributed by atoms with E-state index in [9.17, 15) is 24.3 Å². The van der Waals surface area contributed by atoms with E-state index in [-0.39, 0.29) is 18.4 Å². The van der Waals surface area contributed by atoms with E-state index in [4.69, 9.17) is 10.5 Å². The molecular formula is C21H29N5O6. The number of hydrogen-bond acceptors (Lipinski definition) is 6. The van der Waals surface area contributed by atoms with E-state index < -0.39 is 29.7 Å². The number of nitrogens with zero attached hydrogens (tertiary/aromatic N) is 1. The molecule has 0 aliphatic rings. The fraction of sp³-hybridized carbons (Fsp3) is 0.429. The van der Waals surface area contributed by atoms with Crippen LogP contribution in [0.4, 0.5) is 10.5 Å². The van der Waals surface area contributed by atoms with Crippen LogP contribution < -0.4 is 21.9 Å². The topological polar surface area (TPSA) is 169 Å². The Morgan fingerprint density at radius 1 is 1.25 bits per heavy atom. The van der Waals surface area contributed by atoms with Gasteiger partial charge in [-0.1, -0.05) is 32.4 Å². The van der Waals surface area contributed by atoms with Gasteiger partial charge in [-0.05, 0) is 24.1 Å². The van der Waals surface area contributed by atoms with E-state index in [2.05, 4.69) is 15.7 Å². The molecule has 0 bridgehead atoms. The Bertz CT molecular complexity index is 1010. The highest BCUT2D eigenvalue weighted by Crippen LogP contribution is 2.22. The second-order valence-corrected chi connectivity index (χ2v) is 7.36. The summed E-state index contributed by atoms with van der Waals surface area (Å²) in [5.74, 6) is -1.55. The number of nitrogens with two attached hydrogens (primary N) is 1. The molecule has 11 nitrogen and oxygen atoms in total. The number of hydrogen-bond donors (Lipinski definition) is 5. The van der Waals surface area contributed by atoms with Crippen molar-refractivity contribution in [2.24, 2.45) is 12.8 Å². The SMILES string of the molecule is CCCC(O)[C@](NC(=O)CC)(OC(N)=O)C(=O)Nc1ccc(Cc2cc(=O)[nH]n2C)cc1. The average molecular weight is 447 g/mol. The van der Waals surface area contributed by atoms with Crippen LogP contribution in [0, 0.1) is 0 Å². The number of ether oxygens (including phenoxy) is 1. The highest BCUT2D eigenvalue weighted by molar-refractivity contribution is 6.01. The minimum atomic E-state index is -2.38. The van der Waals surface area contributed by atoms with E-state index >= 15 is 0 Å². The highest BCUT2D eigenvalue weighted by Gasteiger charge is 2.50. The monoisotopic (exact) mass is 447 g/mol. The number of H-pyrrole nitrogens is 1. The number of primary amides is 1. The summed E-state index contributed by atoms with van der Waals surface area (Å²) in [6.45, 7) is 3.31. The largest absolute Gasteiger partial charge is 0.410 e. The van der Waals surface area contributed by atoms with Gasteiger partial charge in [-0.3, -0.25) is 24.2 Å². The first-order valence-electron chi connectivity index (χ1n) is 10.2. The minimum Gasteiger partial charge on any atom is -0.410 e. The molecular weight excluding hydrogens is 418 g/mol. The van der Waals surface area contributed by atoms with E-state index in [0.29, 0.717) is 18.5 Å². The van der Waals surface area contributed by atoms with Gasteiger partial charge in [0.2, 0.25) is 5.91 Å². The van der Waals surface area contributed by atoms with Gasteiger partial charge < -0.3 is 26.2 Å². The maximum Gasteiger partial charge on any atom is 0.407 e. The molecule has 1 aromatic heterocycles. The Morgan fingerprint density at radius 2 is 1.91 bits per heavy atom. The normalized spacial score (nSPS) is 13.6. The zero-order valence-corrected chi connectivity index (χ0v) is 18.3. The lowest BCUT2D eigenvalue weighted by Gasteiger charge is -2.35. The molecule has 3 amide bonds. The van der Waals surface area contributed by atoms with Crippen LogP contribution in [0.3, 0.4) is 0 Å². The third-order valence-electron chi connectivity index (χ3n) is 4.88. The molecule has 2 aromatic rings. The van der Waals surface area contributed by atoms with Gasteiger partial charge in [0.05, 0.1) is 0 Å². The summed E-state index contributed by atoms with van der Waals surface area (Å²) in [6, 6.07) is 8.21. The lowest BCUT2D eigenvalue weighted by atomic mass is 10.00. The summed E-state index contributed by atoms with van der Waals surface area (Å²) in [5, 5.41) is 18.1. The van der Waals surface area contributed by atoms with Crippen LogP contribution in [-0.4, -0.2) is 44.6 Å². The molecule has 2 rings (SSSR count). The van der Waals surface area contributed by atoms with Crippen LogP contribution in [0.2, 0.25) is 0 Å². The number of anilines is 1. The Morgan fingerprint density at radius 3 is 2.41 bits per heavy atom. The van der Waals surface area contributed by atoms with Crippen LogP contribution in [0.15, 0.2) is 35.1 Å². The van der Waals surface area contributed by atoms with E-state index in [1.165, 1.54) is 6.07 Å². The molecule has 0 spiro atoms. The first kappa shape index (κ1) is 24.7. The van der Waals surface area contributed by atoms with Gasteiger partial charge in [0.15, 0.2) is 0 Å². The lowest BCUT2D eigenvalue weighted by Crippen LogP contribution is -2.66. The van der Waals surface area contributed by atoms with Gasteiger partial charge in [0, 0.05) is 37.3 Å². The second kappa shape index (κ2) is 10.6. The molecule has 1 heterocycles. The molecule has 0 aliphatic carbocycles. The molecule has 1 aromatic carbocycles. The average Bonchev–Trinajstić information content (AvgIpc) is 3.05. The number of benzene rings is 1. The highest BCUT2D eigenvalue weighted by atomic mass is 16.6. The standard InChI is InChI=1S/C21H29N5O6/c1-4-6-16(27)21(32-20(22)31,24-17(28)5-2)19(30)23-14-9-7-13(8-10-14)11-15-12-18(29)25-26(15)3/h7-10,12,16,27H,4-6,11H2,1-3H3,(H2,22,31)(H,23,30)(H,24,28)(H,25,29)/t16?,21-/m0/s1. The lowest BCUT2D eigenvalue weighted by molar-refractivity contribution is -0.160. The van der Waals surface area contributed by atoms with Crippen LogP contribution in [-0.2, 0) is 27.8 Å². The van der Waals surface area contributed by atoms with Gasteiger partial charge >= 0.3 is 6.09 Å². The Labute approximate surface area is 184 Å². The van der Waals surface area contributed by atoms with E-state index in [1.807, 2.05) is 0 Å². The number of carbonyl (C=O) groups is 3.